The van der Waals surface area contributed by atoms with Crippen molar-refractivity contribution in [1.82, 2.24) is 25.0 Å². The standard InChI is InChI=1S/C23H26ClN5OS/c1-17(19-11-5-6-12-20(19)24)25-22(30)16-31-23-27-26-21(15-28-13-7-8-14-28)29(23)18-9-3-2-4-10-18/h2-6,9-12,17H,7-8,13-16H2,1H3,(H,25,30). The van der Waals surface area contributed by atoms with Crippen LogP contribution in [0.4, 0.5) is 0 Å². The molecule has 2 aromatic carbocycles. The molecule has 1 atom stereocenters. The highest BCUT2D eigenvalue weighted by atomic mass is 35.5. The summed E-state index contributed by atoms with van der Waals surface area (Å²) < 4.78 is 2.06. The summed E-state index contributed by atoms with van der Waals surface area (Å²) in [6.45, 7) is 4.88. The molecule has 8 heteroatoms. The average Bonchev–Trinajstić information content (AvgIpc) is 3.43. The summed E-state index contributed by atoms with van der Waals surface area (Å²) >= 11 is 7.65. The van der Waals surface area contributed by atoms with Gasteiger partial charge in [-0.3, -0.25) is 14.3 Å². The van der Waals surface area contributed by atoms with Gasteiger partial charge in [0.15, 0.2) is 11.0 Å². The molecule has 1 N–H and O–H groups in total. The Kier molecular flexibility index (Phi) is 7.27. The number of nitrogens with zero attached hydrogens (tertiary/aromatic N) is 4. The molecule has 0 aliphatic carbocycles. The van der Waals surface area contributed by atoms with E-state index in [1.54, 1.807) is 0 Å². The number of nitrogens with one attached hydrogen (secondary N) is 1. The van der Waals surface area contributed by atoms with Crippen molar-refractivity contribution in [1.29, 1.82) is 0 Å². The fourth-order valence-electron chi connectivity index (χ4n) is 3.79. The Balaban J connectivity index is 1.46. The van der Waals surface area contributed by atoms with Gasteiger partial charge in [0.2, 0.25) is 5.91 Å². The number of hydrogen-bond acceptors (Lipinski definition) is 5. The van der Waals surface area contributed by atoms with Crippen molar-refractivity contribution >= 4 is 29.3 Å². The fraction of sp³-hybridized carbons (Fsp3) is 0.348. The first-order valence-corrected chi connectivity index (χ1v) is 11.9. The van der Waals surface area contributed by atoms with E-state index >= 15 is 0 Å². The lowest BCUT2D eigenvalue weighted by molar-refractivity contribution is -0.119. The first-order chi connectivity index (χ1) is 15.1. The van der Waals surface area contributed by atoms with Gasteiger partial charge in [0, 0.05) is 10.7 Å². The number of rotatable bonds is 8. The Morgan fingerprint density at radius 1 is 1.10 bits per heavy atom. The summed E-state index contributed by atoms with van der Waals surface area (Å²) in [6.07, 6.45) is 2.45. The molecular formula is C23H26ClN5OS. The maximum Gasteiger partial charge on any atom is 0.230 e. The number of para-hydroxylation sites is 1. The summed E-state index contributed by atoms with van der Waals surface area (Å²) in [7, 11) is 0. The van der Waals surface area contributed by atoms with E-state index in [1.807, 2.05) is 61.5 Å². The zero-order valence-corrected chi connectivity index (χ0v) is 19.1. The molecule has 6 nitrogen and oxygen atoms in total. The minimum atomic E-state index is -0.167. The Morgan fingerprint density at radius 2 is 1.81 bits per heavy atom. The number of carbonyl (C=O) groups excluding carboxylic acids is 1. The molecule has 1 aromatic heterocycles. The first kappa shape index (κ1) is 21.9. The molecule has 0 saturated carbocycles. The first-order valence-electron chi connectivity index (χ1n) is 10.5. The maximum absolute atomic E-state index is 12.6. The number of likely N-dealkylation sites (tertiary alicyclic amines) is 1. The number of halogens is 1. The summed E-state index contributed by atoms with van der Waals surface area (Å²) in [5, 5.41) is 13.3. The van der Waals surface area contributed by atoms with Gasteiger partial charge in [-0.05, 0) is 56.6 Å². The van der Waals surface area contributed by atoms with Crippen LogP contribution < -0.4 is 5.32 Å². The molecule has 162 valence electrons. The van der Waals surface area contributed by atoms with Gasteiger partial charge >= 0.3 is 0 Å². The zero-order valence-electron chi connectivity index (χ0n) is 17.5. The molecule has 2 heterocycles. The van der Waals surface area contributed by atoms with E-state index < -0.39 is 0 Å². The van der Waals surface area contributed by atoms with Gasteiger partial charge in [-0.2, -0.15) is 0 Å². The van der Waals surface area contributed by atoms with Crippen molar-refractivity contribution in [2.24, 2.45) is 0 Å². The number of hydrogen-bond donors (Lipinski definition) is 1. The Hall–Kier alpha value is -2.35. The van der Waals surface area contributed by atoms with E-state index in [9.17, 15) is 4.79 Å². The van der Waals surface area contributed by atoms with Gasteiger partial charge in [0.05, 0.1) is 18.3 Å². The zero-order chi connectivity index (χ0) is 21.6. The topological polar surface area (TPSA) is 63.1 Å². The van der Waals surface area contributed by atoms with Gasteiger partial charge in [0.1, 0.15) is 0 Å². The van der Waals surface area contributed by atoms with Crippen molar-refractivity contribution in [3.8, 4) is 5.69 Å². The number of thioether (sulfide) groups is 1. The molecule has 1 saturated heterocycles. The lowest BCUT2D eigenvalue weighted by Crippen LogP contribution is -2.28. The molecule has 1 aliphatic rings. The van der Waals surface area contributed by atoms with Crippen LogP contribution in [0.2, 0.25) is 5.02 Å². The molecule has 3 aromatic rings. The normalized spacial score (nSPS) is 15.2. The molecule has 0 radical (unpaired) electrons. The van der Waals surface area contributed by atoms with E-state index in [2.05, 4.69) is 25.0 Å². The van der Waals surface area contributed by atoms with E-state index in [0.29, 0.717) is 5.02 Å². The number of benzene rings is 2. The van der Waals surface area contributed by atoms with Gasteiger partial charge in [0.25, 0.3) is 0 Å². The smallest absolute Gasteiger partial charge is 0.230 e. The van der Waals surface area contributed by atoms with Crippen molar-refractivity contribution in [3.63, 3.8) is 0 Å². The quantitative estimate of drug-likeness (QED) is 0.507. The van der Waals surface area contributed by atoms with Crippen molar-refractivity contribution < 1.29 is 4.79 Å². The summed E-state index contributed by atoms with van der Waals surface area (Å²) in [5.74, 6) is 1.09. The minimum Gasteiger partial charge on any atom is -0.349 e. The minimum absolute atomic E-state index is 0.0684. The summed E-state index contributed by atoms with van der Waals surface area (Å²) in [4.78, 5) is 15.0. The van der Waals surface area contributed by atoms with Crippen LogP contribution in [0.3, 0.4) is 0 Å². The fourth-order valence-corrected chi connectivity index (χ4v) is 4.87. The number of aromatic nitrogens is 3. The van der Waals surface area contributed by atoms with Crippen LogP contribution in [0.1, 0.15) is 37.2 Å². The maximum atomic E-state index is 12.6. The van der Waals surface area contributed by atoms with Crippen molar-refractivity contribution in [3.05, 3.63) is 71.0 Å². The Bertz CT molecular complexity index is 1020. The molecule has 1 aliphatic heterocycles. The van der Waals surface area contributed by atoms with Crippen LogP contribution in [-0.2, 0) is 11.3 Å². The van der Waals surface area contributed by atoms with Gasteiger partial charge in [-0.25, -0.2) is 0 Å². The van der Waals surface area contributed by atoms with Crippen LogP contribution in [0, 0.1) is 0 Å². The predicted molar refractivity (Wildman–Crippen MR) is 125 cm³/mol. The lowest BCUT2D eigenvalue weighted by Gasteiger charge is -2.17. The highest BCUT2D eigenvalue weighted by molar-refractivity contribution is 7.99. The van der Waals surface area contributed by atoms with Gasteiger partial charge < -0.3 is 5.32 Å². The number of carbonyl (C=O) groups is 1. The second-order valence-electron chi connectivity index (χ2n) is 7.65. The second-order valence-corrected chi connectivity index (χ2v) is 9.00. The predicted octanol–water partition coefficient (Wildman–Crippen LogP) is 4.49. The van der Waals surface area contributed by atoms with Gasteiger partial charge in [-0.15, -0.1) is 10.2 Å². The van der Waals surface area contributed by atoms with Crippen LogP contribution in [0.15, 0.2) is 59.8 Å². The third-order valence-corrected chi connectivity index (χ3v) is 6.63. The lowest BCUT2D eigenvalue weighted by atomic mass is 10.1. The van der Waals surface area contributed by atoms with E-state index in [0.717, 1.165) is 41.9 Å². The second kappa shape index (κ2) is 10.3. The molecule has 0 bridgehead atoms. The highest BCUT2D eigenvalue weighted by Gasteiger charge is 2.20. The molecule has 1 unspecified atom stereocenters. The highest BCUT2D eigenvalue weighted by Crippen LogP contribution is 2.25. The largest absolute Gasteiger partial charge is 0.349 e. The van der Waals surface area contributed by atoms with Gasteiger partial charge in [-0.1, -0.05) is 59.8 Å². The van der Waals surface area contributed by atoms with E-state index in [1.165, 1.54) is 24.6 Å². The Labute approximate surface area is 192 Å². The van der Waals surface area contributed by atoms with E-state index in [-0.39, 0.29) is 17.7 Å². The van der Waals surface area contributed by atoms with Crippen LogP contribution in [-0.4, -0.2) is 44.4 Å². The van der Waals surface area contributed by atoms with Crippen molar-refractivity contribution in [2.75, 3.05) is 18.8 Å². The number of amides is 1. The molecule has 1 amide bonds. The SMILES string of the molecule is CC(NC(=O)CSc1nnc(CN2CCCC2)n1-c1ccccc1)c1ccccc1Cl. The summed E-state index contributed by atoms with van der Waals surface area (Å²) in [5.41, 5.74) is 1.91. The molecule has 1 fully saturated rings. The van der Waals surface area contributed by atoms with Crippen LogP contribution >= 0.6 is 23.4 Å². The summed E-state index contributed by atoms with van der Waals surface area (Å²) in [6, 6.07) is 17.5. The third kappa shape index (κ3) is 5.47. The monoisotopic (exact) mass is 455 g/mol. The molecule has 0 spiro atoms. The molecule has 4 rings (SSSR count). The molecule has 31 heavy (non-hydrogen) atoms. The van der Waals surface area contributed by atoms with Crippen LogP contribution in [0.5, 0.6) is 0 Å². The average molecular weight is 456 g/mol. The van der Waals surface area contributed by atoms with Crippen LogP contribution in [0.25, 0.3) is 5.69 Å². The van der Waals surface area contributed by atoms with E-state index in [4.69, 9.17) is 11.6 Å². The van der Waals surface area contributed by atoms with Crippen molar-refractivity contribution in [2.45, 2.75) is 37.5 Å². The third-order valence-electron chi connectivity index (χ3n) is 5.36. The molecular weight excluding hydrogens is 430 g/mol. The Morgan fingerprint density at radius 3 is 2.55 bits per heavy atom.